The van der Waals surface area contributed by atoms with Gasteiger partial charge < -0.3 is 9.88 Å². The van der Waals surface area contributed by atoms with Crippen LogP contribution < -0.4 is 5.32 Å². The molecule has 0 spiro atoms. The van der Waals surface area contributed by atoms with E-state index in [2.05, 4.69) is 10.3 Å². The number of fused-ring (bicyclic) bond motifs is 1. The van der Waals surface area contributed by atoms with Crippen molar-refractivity contribution in [2.24, 2.45) is 0 Å². The molecule has 172 valence electrons. The molecular formula is C23H30N4O3S2. The van der Waals surface area contributed by atoms with E-state index in [1.54, 1.807) is 18.2 Å². The van der Waals surface area contributed by atoms with E-state index in [0.717, 1.165) is 11.1 Å². The fraction of sp³-hybridized carbons (Fsp3) is 0.391. The molecule has 1 heterocycles. The van der Waals surface area contributed by atoms with Crippen molar-refractivity contribution in [1.29, 1.82) is 0 Å². The van der Waals surface area contributed by atoms with Crippen molar-refractivity contribution in [2.45, 2.75) is 50.3 Å². The van der Waals surface area contributed by atoms with Crippen LogP contribution in [-0.2, 0) is 21.4 Å². The smallest absolute Gasteiger partial charge is 0.243 e. The molecule has 0 fully saturated rings. The van der Waals surface area contributed by atoms with E-state index in [-0.39, 0.29) is 22.6 Å². The molecule has 0 aliphatic carbocycles. The van der Waals surface area contributed by atoms with Crippen LogP contribution in [0.15, 0.2) is 58.6 Å². The highest BCUT2D eigenvalue weighted by atomic mass is 32.2. The minimum Gasteiger partial charge on any atom is -0.349 e. The molecule has 9 heteroatoms. The van der Waals surface area contributed by atoms with Gasteiger partial charge in [-0.3, -0.25) is 4.79 Å². The standard InChI is InChI=1S/C23H30N4O3S2/c1-5-26(6-2)32(29,30)19-13-14-21-20(15-19)25-23(27(21)7-3)31-16-22(28)24-17(4)18-11-9-8-10-12-18/h8-15,17H,5-7,16H2,1-4H3,(H,24,28)/t17-/m1/s1. The average molecular weight is 475 g/mol. The average Bonchev–Trinajstić information content (AvgIpc) is 3.15. The lowest BCUT2D eigenvalue weighted by molar-refractivity contribution is -0.119. The Morgan fingerprint density at radius 2 is 1.81 bits per heavy atom. The van der Waals surface area contributed by atoms with Gasteiger partial charge in [-0.2, -0.15) is 4.31 Å². The zero-order valence-electron chi connectivity index (χ0n) is 18.9. The second-order valence-corrected chi connectivity index (χ2v) is 10.2. The summed E-state index contributed by atoms with van der Waals surface area (Å²) >= 11 is 1.35. The van der Waals surface area contributed by atoms with Gasteiger partial charge in [0, 0.05) is 19.6 Å². The number of thioether (sulfide) groups is 1. The number of nitrogens with zero attached hydrogens (tertiary/aromatic N) is 3. The first kappa shape index (κ1) is 24.3. The Morgan fingerprint density at radius 1 is 1.12 bits per heavy atom. The van der Waals surface area contributed by atoms with Gasteiger partial charge in [0.1, 0.15) is 0 Å². The third-order valence-corrected chi connectivity index (χ3v) is 8.38. The molecule has 1 atom stereocenters. The predicted octanol–water partition coefficient (Wildman–Crippen LogP) is 4.06. The van der Waals surface area contributed by atoms with Gasteiger partial charge in [0.25, 0.3) is 0 Å². The summed E-state index contributed by atoms with van der Waals surface area (Å²) in [6.07, 6.45) is 0. The Kier molecular flexibility index (Phi) is 7.97. The van der Waals surface area contributed by atoms with Gasteiger partial charge in [-0.15, -0.1) is 0 Å². The first-order valence-corrected chi connectivity index (χ1v) is 13.2. The van der Waals surface area contributed by atoms with Crippen molar-refractivity contribution in [1.82, 2.24) is 19.2 Å². The summed E-state index contributed by atoms with van der Waals surface area (Å²) in [5.41, 5.74) is 2.51. The lowest BCUT2D eigenvalue weighted by Gasteiger charge is -2.18. The number of hydrogen-bond donors (Lipinski definition) is 1. The van der Waals surface area contributed by atoms with Crippen LogP contribution in [0.4, 0.5) is 0 Å². The van der Waals surface area contributed by atoms with E-state index < -0.39 is 10.0 Å². The number of sulfonamides is 1. The predicted molar refractivity (Wildman–Crippen MR) is 129 cm³/mol. The summed E-state index contributed by atoms with van der Waals surface area (Å²) < 4.78 is 29.2. The second-order valence-electron chi connectivity index (χ2n) is 7.37. The van der Waals surface area contributed by atoms with Crippen LogP contribution in [0.5, 0.6) is 0 Å². The molecule has 0 unspecified atom stereocenters. The number of hydrogen-bond acceptors (Lipinski definition) is 5. The van der Waals surface area contributed by atoms with Crippen LogP contribution in [0.2, 0.25) is 0 Å². The summed E-state index contributed by atoms with van der Waals surface area (Å²) in [4.78, 5) is 17.4. The Labute approximate surface area is 194 Å². The summed E-state index contributed by atoms with van der Waals surface area (Å²) in [5.74, 6) is 0.149. The SMILES string of the molecule is CCN(CC)S(=O)(=O)c1ccc2c(c1)nc(SCC(=O)N[C@H](C)c1ccccc1)n2CC. The lowest BCUT2D eigenvalue weighted by Crippen LogP contribution is -2.30. The molecule has 7 nitrogen and oxygen atoms in total. The minimum absolute atomic E-state index is 0.0779. The molecule has 3 aromatic rings. The molecule has 1 N–H and O–H groups in total. The maximum Gasteiger partial charge on any atom is 0.243 e. The number of carbonyl (C=O) groups excluding carboxylic acids is 1. The number of imidazole rings is 1. The van der Waals surface area contributed by atoms with Crippen molar-refractivity contribution in [3.8, 4) is 0 Å². The zero-order chi connectivity index (χ0) is 23.3. The molecular weight excluding hydrogens is 444 g/mol. The summed E-state index contributed by atoms with van der Waals surface area (Å²) in [6, 6.07) is 14.8. The second kappa shape index (κ2) is 10.5. The third-order valence-electron chi connectivity index (χ3n) is 5.35. The Morgan fingerprint density at radius 3 is 2.44 bits per heavy atom. The molecule has 2 aromatic carbocycles. The summed E-state index contributed by atoms with van der Waals surface area (Å²) in [6.45, 7) is 9.10. The van der Waals surface area contributed by atoms with E-state index in [1.807, 2.05) is 62.6 Å². The van der Waals surface area contributed by atoms with Gasteiger partial charge >= 0.3 is 0 Å². The van der Waals surface area contributed by atoms with E-state index in [9.17, 15) is 13.2 Å². The highest BCUT2D eigenvalue weighted by molar-refractivity contribution is 7.99. The van der Waals surface area contributed by atoms with Crippen LogP contribution in [0.1, 0.15) is 39.3 Å². The van der Waals surface area contributed by atoms with Gasteiger partial charge in [0.15, 0.2) is 5.16 Å². The van der Waals surface area contributed by atoms with Gasteiger partial charge in [-0.25, -0.2) is 13.4 Å². The Balaban J connectivity index is 1.77. The van der Waals surface area contributed by atoms with Crippen LogP contribution in [0, 0.1) is 0 Å². The molecule has 3 rings (SSSR count). The van der Waals surface area contributed by atoms with E-state index in [4.69, 9.17) is 0 Å². The molecule has 0 bridgehead atoms. The number of carbonyl (C=O) groups is 1. The van der Waals surface area contributed by atoms with Gasteiger partial charge in [0.05, 0.1) is 27.7 Å². The topological polar surface area (TPSA) is 84.3 Å². The molecule has 0 saturated heterocycles. The van der Waals surface area contributed by atoms with Crippen LogP contribution in [0.3, 0.4) is 0 Å². The first-order valence-electron chi connectivity index (χ1n) is 10.8. The number of rotatable bonds is 10. The van der Waals surface area contributed by atoms with Gasteiger partial charge in [-0.1, -0.05) is 55.9 Å². The fourth-order valence-corrected chi connectivity index (χ4v) is 5.98. The fourth-order valence-electron chi connectivity index (χ4n) is 3.61. The van der Waals surface area contributed by atoms with Crippen LogP contribution in [-0.4, -0.2) is 47.0 Å². The lowest BCUT2D eigenvalue weighted by atomic mass is 10.1. The third kappa shape index (κ3) is 5.16. The van der Waals surface area contributed by atoms with Crippen LogP contribution in [0.25, 0.3) is 11.0 Å². The van der Waals surface area contributed by atoms with Gasteiger partial charge in [-0.05, 0) is 37.6 Å². The van der Waals surface area contributed by atoms with Crippen molar-refractivity contribution in [3.05, 3.63) is 54.1 Å². The van der Waals surface area contributed by atoms with Gasteiger partial charge in [0.2, 0.25) is 15.9 Å². The zero-order valence-corrected chi connectivity index (χ0v) is 20.5. The molecule has 32 heavy (non-hydrogen) atoms. The maximum atomic E-state index is 12.9. The number of aromatic nitrogens is 2. The number of aryl methyl sites for hydroxylation is 1. The van der Waals surface area contributed by atoms with Crippen molar-refractivity contribution in [2.75, 3.05) is 18.8 Å². The summed E-state index contributed by atoms with van der Waals surface area (Å²) in [5, 5.41) is 3.71. The first-order chi connectivity index (χ1) is 15.3. The monoisotopic (exact) mass is 474 g/mol. The maximum absolute atomic E-state index is 12.9. The van der Waals surface area contributed by atoms with E-state index in [0.29, 0.717) is 30.3 Å². The number of nitrogens with one attached hydrogen (secondary N) is 1. The molecule has 0 radical (unpaired) electrons. The minimum atomic E-state index is -3.56. The quantitative estimate of drug-likeness (QED) is 0.448. The van der Waals surface area contributed by atoms with Crippen molar-refractivity contribution < 1.29 is 13.2 Å². The molecule has 1 aromatic heterocycles. The van der Waals surface area contributed by atoms with Crippen molar-refractivity contribution in [3.63, 3.8) is 0 Å². The largest absolute Gasteiger partial charge is 0.349 e. The molecule has 1 amide bonds. The van der Waals surface area contributed by atoms with E-state index >= 15 is 0 Å². The molecule has 0 aliphatic heterocycles. The highest BCUT2D eigenvalue weighted by Crippen LogP contribution is 2.27. The molecule has 0 aliphatic rings. The van der Waals surface area contributed by atoms with Crippen LogP contribution >= 0.6 is 11.8 Å². The normalized spacial score (nSPS) is 12.9. The Hall–Kier alpha value is -2.36. The summed E-state index contributed by atoms with van der Waals surface area (Å²) in [7, 11) is -3.56. The van der Waals surface area contributed by atoms with E-state index in [1.165, 1.54) is 16.1 Å². The number of benzene rings is 2. The molecule has 0 saturated carbocycles. The number of amides is 1. The Bertz CT molecular complexity index is 1170. The highest BCUT2D eigenvalue weighted by Gasteiger charge is 2.23. The van der Waals surface area contributed by atoms with Crippen molar-refractivity contribution >= 4 is 38.7 Å².